The molecule has 0 saturated heterocycles. The summed E-state index contributed by atoms with van der Waals surface area (Å²) >= 11 is 0. The molecule has 0 atom stereocenters. The molecule has 2 rings (SSSR count). The van der Waals surface area contributed by atoms with E-state index in [-0.39, 0.29) is 24.6 Å². The maximum atomic E-state index is 11.0. The Morgan fingerprint density at radius 2 is 2.33 bits per heavy atom. The van der Waals surface area contributed by atoms with Gasteiger partial charge >= 0.3 is 11.7 Å². The first-order valence-electron chi connectivity index (χ1n) is 5.92. The normalized spacial score (nSPS) is 10.3. The van der Waals surface area contributed by atoms with Crippen LogP contribution < -0.4 is 5.32 Å². The van der Waals surface area contributed by atoms with Crippen LogP contribution in [-0.2, 0) is 17.9 Å². The first kappa shape index (κ1) is 14.4. The van der Waals surface area contributed by atoms with Crippen LogP contribution in [0.5, 0.6) is 0 Å². The number of aliphatic carboxylic acids is 1. The summed E-state index contributed by atoms with van der Waals surface area (Å²) in [7, 11) is 0. The Balaban J connectivity index is 2.10. The molecule has 2 heterocycles. The topological polar surface area (TPSA) is 136 Å². The summed E-state index contributed by atoms with van der Waals surface area (Å²) in [4.78, 5) is 25.0. The maximum absolute atomic E-state index is 11.0. The predicted molar refractivity (Wildman–Crippen MR) is 70.6 cm³/mol. The van der Waals surface area contributed by atoms with Crippen LogP contribution in [-0.4, -0.2) is 36.0 Å². The molecule has 0 spiro atoms. The number of nitrogens with one attached hydrogen (secondary N) is 1. The highest BCUT2D eigenvalue weighted by Crippen LogP contribution is 2.25. The molecule has 0 amide bonds. The largest absolute Gasteiger partial charge is 0.480 e. The van der Waals surface area contributed by atoms with Crippen molar-refractivity contribution in [1.29, 1.82) is 0 Å². The van der Waals surface area contributed by atoms with Crippen LogP contribution in [0.2, 0.25) is 0 Å². The van der Waals surface area contributed by atoms with Crippen molar-refractivity contribution in [3.05, 3.63) is 39.8 Å². The molecule has 0 aromatic carbocycles. The summed E-state index contributed by atoms with van der Waals surface area (Å²) in [6.45, 7) is 1.47. The molecular formula is C11H12N6O4. The molecule has 0 fully saturated rings. The highest BCUT2D eigenvalue weighted by molar-refractivity contribution is 5.66. The van der Waals surface area contributed by atoms with Crippen LogP contribution in [0.4, 0.5) is 11.5 Å². The fourth-order valence-corrected chi connectivity index (χ4v) is 1.72. The van der Waals surface area contributed by atoms with Crippen molar-refractivity contribution in [2.24, 2.45) is 0 Å². The van der Waals surface area contributed by atoms with E-state index < -0.39 is 10.9 Å². The monoisotopic (exact) mass is 292 g/mol. The van der Waals surface area contributed by atoms with Gasteiger partial charge in [0.25, 0.3) is 0 Å². The molecule has 10 nitrogen and oxygen atoms in total. The van der Waals surface area contributed by atoms with Crippen molar-refractivity contribution >= 4 is 17.5 Å². The van der Waals surface area contributed by atoms with Gasteiger partial charge in [-0.3, -0.25) is 14.9 Å². The van der Waals surface area contributed by atoms with Crippen LogP contribution in [0.25, 0.3) is 0 Å². The maximum Gasteiger partial charge on any atom is 0.325 e. The van der Waals surface area contributed by atoms with E-state index in [1.165, 1.54) is 12.4 Å². The summed E-state index contributed by atoms with van der Waals surface area (Å²) in [6, 6.07) is 1.55. The van der Waals surface area contributed by atoms with Crippen molar-refractivity contribution in [1.82, 2.24) is 20.0 Å². The molecular weight excluding hydrogens is 280 g/mol. The Hall–Kier alpha value is -3.04. The van der Waals surface area contributed by atoms with Crippen molar-refractivity contribution in [2.75, 3.05) is 5.32 Å². The number of rotatable bonds is 6. The summed E-state index contributed by atoms with van der Waals surface area (Å²) in [5.41, 5.74) is 0.844. The van der Waals surface area contributed by atoms with Gasteiger partial charge in [-0.2, -0.15) is 0 Å². The zero-order valence-electron chi connectivity index (χ0n) is 11.1. The fraction of sp³-hybridized carbons (Fsp3) is 0.273. The van der Waals surface area contributed by atoms with Gasteiger partial charge in [0.15, 0.2) is 0 Å². The van der Waals surface area contributed by atoms with Crippen molar-refractivity contribution in [3.63, 3.8) is 0 Å². The van der Waals surface area contributed by atoms with Gasteiger partial charge in [-0.25, -0.2) is 9.67 Å². The number of carboxylic acid groups (broad SMARTS) is 1. The number of nitro groups is 1. The van der Waals surface area contributed by atoms with Gasteiger partial charge in [0.2, 0.25) is 5.82 Å². The lowest BCUT2D eigenvalue weighted by Gasteiger charge is -2.05. The number of anilines is 1. The average Bonchev–Trinajstić information content (AvgIpc) is 2.82. The average molecular weight is 292 g/mol. The second-order valence-corrected chi connectivity index (χ2v) is 4.24. The second-order valence-electron chi connectivity index (χ2n) is 4.24. The minimum absolute atomic E-state index is 0.101. The quantitative estimate of drug-likeness (QED) is 0.583. The zero-order valence-corrected chi connectivity index (χ0v) is 11.1. The van der Waals surface area contributed by atoms with Gasteiger partial charge in [-0.15, -0.1) is 5.10 Å². The first-order chi connectivity index (χ1) is 9.97. The van der Waals surface area contributed by atoms with E-state index in [0.717, 1.165) is 4.68 Å². The number of aromatic nitrogens is 4. The molecule has 0 aliphatic heterocycles. The number of pyridine rings is 1. The van der Waals surface area contributed by atoms with Crippen molar-refractivity contribution < 1.29 is 14.8 Å². The van der Waals surface area contributed by atoms with E-state index in [9.17, 15) is 14.9 Å². The molecule has 21 heavy (non-hydrogen) atoms. The van der Waals surface area contributed by atoms with Gasteiger partial charge in [0, 0.05) is 11.8 Å². The summed E-state index contributed by atoms with van der Waals surface area (Å²) < 4.78 is 1.16. The molecule has 10 heteroatoms. The summed E-state index contributed by atoms with van der Waals surface area (Å²) in [5.74, 6) is -0.900. The van der Waals surface area contributed by atoms with Crippen LogP contribution >= 0.6 is 0 Å². The summed E-state index contributed by atoms with van der Waals surface area (Å²) in [5, 5.41) is 29.8. The first-order valence-corrected chi connectivity index (χ1v) is 5.92. The summed E-state index contributed by atoms with van der Waals surface area (Å²) in [6.07, 6.45) is 2.91. The van der Waals surface area contributed by atoms with E-state index in [1.54, 1.807) is 13.0 Å². The number of carbonyl (C=O) groups is 1. The fourth-order valence-electron chi connectivity index (χ4n) is 1.72. The predicted octanol–water partition coefficient (Wildman–Crippen LogP) is 0.586. The number of carboxylic acids is 1. The SMILES string of the molecule is Cc1ccnc(NCc2cn(CC(=O)O)nn2)c1[N+](=O)[O-]. The second kappa shape index (κ2) is 5.94. The van der Waals surface area contributed by atoms with Gasteiger partial charge in [-0.05, 0) is 13.0 Å². The number of hydrogen-bond acceptors (Lipinski definition) is 7. The van der Waals surface area contributed by atoms with Crippen LogP contribution in [0.3, 0.4) is 0 Å². The van der Waals surface area contributed by atoms with E-state index in [4.69, 9.17) is 5.11 Å². The van der Waals surface area contributed by atoms with Gasteiger partial charge in [0.1, 0.15) is 12.2 Å². The van der Waals surface area contributed by atoms with Crippen molar-refractivity contribution in [3.8, 4) is 0 Å². The Bertz CT molecular complexity index is 683. The van der Waals surface area contributed by atoms with Crippen molar-refractivity contribution in [2.45, 2.75) is 20.0 Å². The minimum Gasteiger partial charge on any atom is -0.480 e. The lowest BCUT2D eigenvalue weighted by atomic mass is 10.2. The third kappa shape index (κ3) is 3.49. The standard InChI is InChI=1S/C11H12N6O4/c1-7-2-3-12-11(10(7)17(20)21)13-4-8-5-16(15-14-8)6-9(18)19/h2-3,5H,4,6H2,1H3,(H,12,13)(H,18,19). The molecule has 110 valence electrons. The van der Waals surface area contributed by atoms with Gasteiger partial charge < -0.3 is 10.4 Å². The van der Waals surface area contributed by atoms with E-state index in [2.05, 4.69) is 20.6 Å². The minimum atomic E-state index is -1.03. The molecule has 0 radical (unpaired) electrons. The molecule has 0 saturated carbocycles. The Morgan fingerprint density at radius 3 is 3.00 bits per heavy atom. The lowest BCUT2D eigenvalue weighted by molar-refractivity contribution is -0.384. The van der Waals surface area contributed by atoms with Gasteiger partial charge in [-0.1, -0.05) is 5.21 Å². The third-order valence-electron chi connectivity index (χ3n) is 2.63. The van der Waals surface area contributed by atoms with E-state index in [0.29, 0.717) is 11.3 Å². The third-order valence-corrected chi connectivity index (χ3v) is 2.63. The molecule has 0 bridgehead atoms. The Kier molecular flexibility index (Phi) is 4.07. The van der Waals surface area contributed by atoms with Crippen LogP contribution in [0.1, 0.15) is 11.3 Å². The molecule has 0 unspecified atom stereocenters. The Morgan fingerprint density at radius 1 is 1.57 bits per heavy atom. The van der Waals surface area contributed by atoms with E-state index in [1.807, 2.05) is 0 Å². The Labute approximate surface area is 118 Å². The van der Waals surface area contributed by atoms with Gasteiger partial charge in [0.05, 0.1) is 17.7 Å². The zero-order chi connectivity index (χ0) is 15.4. The van der Waals surface area contributed by atoms with E-state index >= 15 is 0 Å². The molecule has 2 N–H and O–H groups in total. The molecule has 2 aromatic heterocycles. The number of aryl methyl sites for hydroxylation is 1. The number of nitrogens with zero attached hydrogens (tertiary/aromatic N) is 5. The molecule has 0 aliphatic rings. The smallest absolute Gasteiger partial charge is 0.325 e. The molecule has 2 aromatic rings. The highest BCUT2D eigenvalue weighted by Gasteiger charge is 2.18. The molecule has 0 aliphatic carbocycles. The number of hydrogen-bond donors (Lipinski definition) is 2. The van der Waals surface area contributed by atoms with Crippen LogP contribution in [0, 0.1) is 17.0 Å². The highest BCUT2D eigenvalue weighted by atomic mass is 16.6. The van der Waals surface area contributed by atoms with Crippen LogP contribution in [0.15, 0.2) is 18.5 Å². The lowest BCUT2D eigenvalue weighted by Crippen LogP contribution is -2.09.